The standard InChI is InChI=1S/C20H18N6O2S/c1-12-19(29-13(2)23-12)16-7-8-18(27)26(25-16)10-9-21-20(28)17-11-22-14-5-3-4-6-15(14)24-17/h3-8,11H,9-10H2,1-2H3,(H,21,28). The van der Waals surface area contributed by atoms with Crippen LogP contribution in [0.2, 0.25) is 0 Å². The molecular formula is C20H18N6O2S. The third-order valence-electron chi connectivity index (χ3n) is 4.29. The summed E-state index contributed by atoms with van der Waals surface area (Å²) in [6.45, 7) is 4.34. The first-order valence-electron chi connectivity index (χ1n) is 9.04. The summed E-state index contributed by atoms with van der Waals surface area (Å²) in [6, 6.07) is 10.5. The molecule has 9 heteroatoms. The molecule has 29 heavy (non-hydrogen) atoms. The lowest BCUT2D eigenvalue weighted by Crippen LogP contribution is -2.32. The monoisotopic (exact) mass is 406 g/mol. The van der Waals surface area contributed by atoms with Crippen molar-refractivity contribution in [3.63, 3.8) is 0 Å². The third-order valence-corrected chi connectivity index (χ3v) is 5.39. The van der Waals surface area contributed by atoms with Crippen LogP contribution in [0.25, 0.3) is 21.6 Å². The molecule has 8 nitrogen and oxygen atoms in total. The predicted octanol–water partition coefficient (Wildman–Crippen LogP) is 2.36. The molecule has 0 radical (unpaired) electrons. The first-order chi connectivity index (χ1) is 14.0. The van der Waals surface area contributed by atoms with E-state index >= 15 is 0 Å². The van der Waals surface area contributed by atoms with E-state index in [0.717, 1.165) is 21.1 Å². The molecular weight excluding hydrogens is 388 g/mol. The second kappa shape index (κ2) is 7.88. The highest BCUT2D eigenvalue weighted by Gasteiger charge is 2.12. The van der Waals surface area contributed by atoms with Gasteiger partial charge in [-0.1, -0.05) is 12.1 Å². The first-order valence-corrected chi connectivity index (χ1v) is 9.85. The Labute approximate surface area is 170 Å². The number of thiazole rings is 1. The molecule has 3 aromatic heterocycles. The van der Waals surface area contributed by atoms with Crippen molar-refractivity contribution in [2.24, 2.45) is 0 Å². The van der Waals surface area contributed by atoms with Crippen LogP contribution >= 0.6 is 11.3 Å². The Kier molecular flexibility index (Phi) is 5.13. The number of amides is 1. The van der Waals surface area contributed by atoms with Gasteiger partial charge in [-0.15, -0.1) is 11.3 Å². The number of fused-ring (bicyclic) bond motifs is 1. The Balaban J connectivity index is 1.46. The van der Waals surface area contributed by atoms with Crippen molar-refractivity contribution < 1.29 is 4.79 Å². The van der Waals surface area contributed by atoms with Gasteiger partial charge in [0.25, 0.3) is 11.5 Å². The molecule has 0 spiro atoms. The Morgan fingerprint density at radius 3 is 2.66 bits per heavy atom. The average Bonchev–Trinajstić information content (AvgIpc) is 3.07. The molecule has 1 aromatic carbocycles. The van der Waals surface area contributed by atoms with Crippen molar-refractivity contribution >= 4 is 28.3 Å². The van der Waals surface area contributed by atoms with E-state index in [0.29, 0.717) is 11.2 Å². The summed E-state index contributed by atoms with van der Waals surface area (Å²) in [5, 5.41) is 8.13. The summed E-state index contributed by atoms with van der Waals surface area (Å²) in [7, 11) is 0. The Morgan fingerprint density at radius 1 is 1.10 bits per heavy atom. The van der Waals surface area contributed by atoms with Gasteiger partial charge in [0.2, 0.25) is 0 Å². The number of nitrogens with zero attached hydrogens (tertiary/aromatic N) is 5. The molecule has 4 aromatic rings. The largest absolute Gasteiger partial charge is 0.349 e. The van der Waals surface area contributed by atoms with Crippen LogP contribution in [0.4, 0.5) is 0 Å². The van der Waals surface area contributed by atoms with Gasteiger partial charge in [0, 0.05) is 12.6 Å². The smallest absolute Gasteiger partial charge is 0.271 e. The zero-order valence-electron chi connectivity index (χ0n) is 15.9. The summed E-state index contributed by atoms with van der Waals surface area (Å²) in [5.74, 6) is -0.346. The van der Waals surface area contributed by atoms with Gasteiger partial charge in [0.05, 0.1) is 39.4 Å². The molecule has 0 aliphatic heterocycles. The number of aromatic nitrogens is 5. The van der Waals surface area contributed by atoms with E-state index in [-0.39, 0.29) is 30.2 Å². The van der Waals surface area contributed by atoms with Crippen molar-refractivity contribution in [1.29, 1.82) is 0 Å². The molecule has 0 saturated heterocycles. The number of carbonyl (C=O) groups excluding carboxylic acids is 1. The van der Waals surface area contributed by atoms with Gasteiger partial charge < -0.3 is 5.32 Å². The van der Waals surface area contributed by atoms with Crippen LogP contribution in [0.3, 0.4) is 0 Å². The van der Waals surface area contributed by atoms with E-state index in [1.807, 2.05) is 32.0 Å². The topological polar surface area (TPSA) is 103 Å². The minimum atomic E-state index is -0.346. The quantitative estimate of drug-likeness (QED) is 0.546. The molecule has 1 amide bonds. The number of aryl methyl sites for hydroxylation is 2. The highest BCUT2D eigenvalue weighted by atomic mass is 32.1. The molecule has 0 aliphatic rings. The van der Waals surface area contributed by atoms with Gasteiger partial charge in [0.1, 0.15) is 11.4 Å². The second-order valence-corrected chi connectivity index (χ2v) is 7.63. The number of hydrogen-bond acceptors (Lipinski definition) is 7. The van der Waals surface area contributed by atoms with E-state index in [1.54, 1.807) is 12.1 Å². The molecule has 0 aliphatic carbocycles. The second-order valence-electron chi connectivity index (χ2n) is 6.43. The van der Waals surface area contributed by atoms with Crippen LogP contribution < -0.4 is 10.9 Å². The highest BCUT2D eigenvalue weighted by molar-refractivity contribution is 7.15. The molecule has 146 valence electrons. The van der Waals surface area contributed by atoms with Crippen molar-refractivity contribution in [3.05, 3.63) is 69.3 Å². The lowest BCUT2D eigenvalue weighted by Gasteiger charge is -2.08. The fraction of sp³-hybridized carbons (Fsp3) is 0.200. The Hall–Kier alpha value is -3.46. The summed E-state index contributed by atoms with van der Waals surface area (Å²) < 4.78 is 1.34. The number of rotatable bonds is 5. The van der Waals surface area contributed by atoms with Crippen molar-refractivity contribution in [2.45, 2.75) is 20.4 Å². The van der Waals surface area contributed by atoms with E-state index < -0.39 is 0 Å². The predicted molar refractivity (Wildman–Crippen MR) is 111 cm³/mol. The number of para-hydroxylation sites is 2. The van der Waals surface area contributed by atoms with Crippen molar-refractivity contribution in [3.8, 4) is 10.6 Å². The number of carbonyl (C=O) groups is 1. The zero-order valence-corrected chi connectivity index (χ0v) is 16.7. The molecule has 0 fully saturated rings. The summed E-state index contributed by atoms with van der Waals surface area (Å²) in [4.78, 5) is 38.4. The number of nitrogens with one attached hydrogen (secondary N) is 1. The molecule has 3 heterocycles. The maximum absolute atomic E-state index is 12.4. The molecule has 0 bridgehead atoms. The van der Waals surface area contributed by atoms with Gasteiger partial charge in [-0.05, 0) is 32.0 Å². The van der Waals surface area contributed by atoms with Crippen LogP contribution in [-0.4, -0.2) is 37.2 Å². The molecule has 0 unspecified atom stereocenters. The molecule has 1 N–H and O–H groups in total. The maximum atomic E-state index is 12.4. The molecule has 0 saturated carbocycles. The van der Waals surface area contributed by atoms with Crippen LogP contribution in [0, 0.1) is 13.8 Å². The minimum Gasteiger partial charge on any atom is -0.349 e. The summed E-state index contributed by atoms with van der Waals surface area (Å²) in [5.41, 5.74) is 2.96. The number of hydrogen-bond donors (Lipinski definition) is 1. The van der Waals surface area contributed by atoms with E-state index in [2.05, 4.69) is 25.4 Å². The van der Waals surface area contributed by atoms with Crippen molar-refractivity contribution in [1.82, 2.24) is 30.0 Å². The van der Waals surface area contributed by atoms with Crippen molar-refractivity contribution in [2.75, 3.05) is 6.54 Å². The van der Waals surface area contributed by atoms with Gasteiger partial charge in [-0.2, -0.15) is 5.10 Å². The van der Waals surface area contributed by atoms with E-state index in [9.17, 15) is 9.59 Å². The van der Waals surface area contributed by atoms with Gasteiger partial charge in [0.15, 0.2) is 0 Å². The first kappa shape index (κ1) is 18.9. The van der Waals surface area contributed by atoms with Gasteiger partial charge >= 0.3 is 0 Å². The zero-order chi connectivity index (χ0) is 20.4. The van der Waals surface area contributed by atoms with Crippen LogP contribution in [-0.2, 0) is 6.54 Å². The fourth-order valence-corrected chi connectivity index (χ4v) is 3.82. The van der Waals surface area contributed by atoms with Gasteiger partial charge in [-0.3, -0.25) is 14.6 Å². The SMILES string of the molecule is Cc1nc(C)c(-c2ccc(=O)n(CCNC(=O)c3cnc4ccccc4n3)n2)s1. The summed E-state index contributed by atoms with van der Waals surface area (Å²) >= 11 is 1.53. The lowest BCUT2D eigenvalue weighted by atomic mass is 10.3. The Bertz CT molecular complexity index is 1260. The summed E-state index contributed by atoms with van der Waals surface area (Å²) in [6.07, 6.45) is 1.44. The van der Waals surface area contributed by atoms with E-state index in [1.165, 1.54) is 28.3 Å². The highest BCUT2D eigenvalue weighted by Crippen LogP contribution is 2.27. The maximum Gasteiger partial charge on any atom is 0.271 e. The molecule has 0 atom stereocenters. The third kappa shape index (κ3) is 4.04. The van der Waals surface area contributed by atoms with Gasteiger partial charge in [-0.25, -0.2) is 14.6 Å². The van der Waals surface area contributed by atoms with E-state index in [4.69, 9.17) is 0 Å². The Morgan fingerprint density at radius 2 is 1.90 bits per heavy atom. The van der Waals surface area contributed by atoms with Crippen LogP contribution in [0.1, 0.15) is 21.2 Å². The lowest BCUT2D eigenvalue weighted by molar-refractivity contribution is 0.0947. The van der Waals surface area contributed by atoms with Crippen LogP contribution in [0.15, 0.2) is 47.4 Å². The van der Waals surface area contributed by atoms with Crippen LogP contribution in [0.5, 0.6) is 0 Å². The fourth-order valence-electron chi connectivity index (χ4n) is 2.93. The number of benzene rings is 1. The molecule has 4 rings (SSSR count). The average molecular weight is 406 g/mol. The minimum absolute atomic E-state index is 0.229. The normalized spacial score (nSPS) is 11.0.